The Labute approximate surface area is 100 Å². The van der Waals surface area contributed by atoms with E-state index < -0.39 is 0 Å². The van der Waals surface area contributed by atoms with E-state index in [1.807, 2.05) is 0 Å². The van der Waals surface area contributed by atoms with Gasteiger partial charge in [0, 0.05) is 26.4 Å². The first-order valence-electron chi connectivity index (χ1n) is 5.67. The second kappa shape index (κ2) is 5.14. The Morgan fingerprint density at radius 1 is 1.47 bits per heavy atom. The van der Waals surface area contributed by atoms with Gasteiger partial charge in [-0.2, -0.15) is 0 Å². The molecule has 1 aromatic rings. The zero-order valence-corrected chi connectivity index (χ0v) is 9.80. The third-order valence-corrected chi connectivity index (χ3v) is 3.03. The zero-order chi connectivity index (χ0) is 12.3. The Kier molecular flexibility index (Phi) is 3.58. The minimum atomic E-state index is -0.0806. The Balaban J connectivity index is 2.02. The smallest absolute Gasteiger partial charge is 0.255 e. The summed E-state index contributed by atoms with van der Waals surface area (Å²) in [4.78, 5) is 17.7. The average Bonchev–Trinajstić information content (AvgIpc) is 2.38. The van der Waals surface area contributed by atoms with Crippen LogP contribution < -0.4 is 0 Å². The molecule has 1 N–H and O–H groups in total. The minimum absolute atomic E-state index is 0.0163. The summed E-state index contributed by atoms with van der Waals surface area (Å²) >= 11 is 0. The lowest BCUT2D eigenvalue weighted by Gasteiger charge is -2.31. The molecule has 1 saturated heterocycles. The number of aromatic nitrogens is 1. The second-order valence-electron chi connectivity index (χ2n) is 4.16. The SMILES string of the molecule is COC1CCN(C(=O)c2cncc(O)c2)CC1. The van der Waals surface area contributed by atoms with Crippen molar-refractivity contribution in [2.75, 3.05) is 20.2 Å². The van der Waals surface area contributed by atoms with Crippen LogP contribution in [0.15, 0.2) is 18.5 Å². The fourth-order valence-corrected chi connectivity index (χ4v) is 2.02. The van der Waals surface area contributed by atoms with Gasteiger partial charge in [-0.15, -0.1) is 0 Å². The molecule has 2 heterocycles. The van der Waals surface area contributed by atoms with E-state index in [4.69, 9.17) is 4.74 Å². The molecule has 17 heavy (non-hydrogen) atoms. The number of methoxy groups -OCH3 is 1. The van der Waals surface area contributed by atoms with Crippen LogP contribution in [0.3, 0.4) is 0 Å². The van der Waals surface area contributed by atoms with Gasteiger partial charge in [-0.1, -0.05) is 0 Å². The van der Waals surface area contributed by atoms with Gasteiger partial charge in [-0.25, -0.2) is 0 Å². The molecule has 92 valence electrons. The van der Waals surface area contributed by atoms with Gasteiger partial charge in [0.05, 0.1) is 17.9 Å². The lowest BCUT2D eigenvalue weighted by atomic mass is 10.1. The number of hydrogen-bond donors (Lipinski definition) is 1. The Morgan fingerprint density at radius 2 is 2.18 bits per heavy atom. The van der Waals surface area contributed by atoms with Gasteiger partial charge in [0.25, 0.3) is 5.91 Å². The molecule has 5 heteroatoms. The number of pyridine rings is 1. The molecular formula is C12H16N2O3. The molecule has 0 unspecified atom stereocenters. The largest absolute Gasteiger partial charge is 0.506 e. The van der Waals surface area contributed by atoms with Gasteiger partial charge >= 0.3 is 0 Å². The molecule has 0 saturated carbocycles. The molecule has 0 atom stereocenters. The number of nitrogens with zero attached hydrogens (tertiary/aromatic N) is 2. The van der Waals surface area contributed by atoms with Crippen LogP contribution in [-0.4, -0.2) is 47.2 Å². The van der Waals surface area contributed by atoms with Crippen LogP contribution in [0.2, 0.25) is 0 Å². The molecule has 0 bridgehead atoms. The molecule has 1 amide bonds. The number of rotatable bonds is 2. The van der Waals surface area contributed by atoms with Crippen LogP contribution in [0.1, 0.15) is 23.2 Å². The number of piperidine rings is 1. The van der Waals surface area contributed by atoms with Crippen molar-refractivity contribution in [3.63, 3.8) is 0 Å². The molecular weight excluding hydrogens is 220 g/mol. The molecule has 2 rings (SSSR count). The molecule has 1 aliphatic heterocycles. The second-order valence-corrected chi connectivity index (χ2v) is 4.16. The molecule has 1 fully saturated rings. The van der Waals surface area contributed by atoms with Crippen LogP contribution in [0.5, 0.6) is 5.75 Å². The first-order chi connectivity index (χ1) is 8.20. The summed E-state index contributed by atoms with van der Waals surface area (Å²) in [6, 6.07) is 1.44. The van der Waals surface area contributed by atoms with E-state index in [1.54, 1.807) is 12.0 Å². The maximum atomic E-state index is 12.1. The molecule has 1 aliphatic rings. The summed E-state index contributed by atoms with van der Waals surface area (Å²) in [5, 5.41) is 9.29. The topological polar surface area (TPSA) is 62.7 Å². The molecule has 0 aliphatic carbocycles. The number of ether oxygens (including phenoxy) is 1. The molecule has 5 nitrogen and oxygen atoms in total. The maximum Gasteiger partial charge on any atom is 0.255 e. The number of amides is 1. The van der Waals surface area contributed by atoms with Crippen LogP contribution in [-0.2, 0) is 4.74 Å². The van der Waals surface area contributed by atoms with Crippen molar-refractivity contribution < 1.29 is 14.6 Å². The standard InChI is InChI=1S/C12H16N2O3/c1-17-11-2-4-14(5-3-11)12(16)9-6-10(15)8-13-7-9/h6-8,11,15H,2-5H2,1H3. The van der Waals surface area contributed by atoms with Gasteiger partial charge < -0.3 is 14.7 Å². The van der Waals surface area contributed by atoms with Crippen molar-refractivity contribution in [1.82, 2.24) is 9.88 Å². The number of carbonyl (C=O) groups is 1. The summed E-state index contributed by atoms with van der Waals surface area (Å²) in [6.45, 7) is 1.37. The lowest BCUT2D eigenvalue weighted by molar-refractivity contribution is 0.0350. The van der Waals surface area contributed by atoms with Crippen molar-refractivity contribution in [3.05, 3.63) is 24.0 Å². The minimum Gasteiger partial charge on any atom is -0.506 e. The summed E-state index contributed by atoms with van der Waals surface area (Å²) in [5.41, 5.74) is 0.431. The highest BCUT2D eigenvalue weighted by molar-refractivity contribution is 5.94. The van der Waals surface area contributed by atoms with Gasteiger partial charge in [0.2, 0.25) is 0 Å². The van der Waals surface area contributed by atoms with Crippen LogP contribution in [0.4, 0.5) is 0 Å². The maximum absolute atomic E-state index is 12.1. The van der Waals surface area contributed by atoms with Crippen LogP contribution >= 0.6 is 0 Å². The van der Waals surface area contributed by atoms with E-state index in [1.165, 1.54) is 18.5 Å². The van der Waals surface area contributed by atoms with Gasteiger partial charge in [0.15, 0.2) is 0 Å². The van der Waals surface area contributed by atoms with Crippen molar-refractivity contribution in [2.24, 2.45) is 0 Å². The molecule has 0 radical (unpaired) electrons. The monoisotopic (exact) mass is 236 g/mol. The summed E-state index contributed by atoms with van der Waals surface area (Å²) in [7, 11) is 1.70. The number of carbonyl (C=O) groups excluding carboxylic acids is 1. The van der Waals surface area contributed by atoms with E-state index in [9.17, 15) is 9.90 Å². The third kappa shape index (κ3) is 2.74. The first kappa shape index (κ1) is 11.9. The van der Waals surface area contributed by atoms with E-state index in [0.717, 1.165) is 12.8 Å². The predicted molar refractivity (Wildman–Crippen MR) is 61.8 cm³/mol. The number of likely N-dealkylation sites (tertiary alicyclic amines) is 1. The van der Waals surface area contributed by atoms with Crippen molar-refractivity contribution in [1.29, 1.82) is 0 Å². The van der Waals surface area contributed by atoms with Crippen LogP contribution in [0.25, 0.3) is 0 Å². The van der Waals surface area contributed by atoms with Crippen molar-refractivity contribution >= 4 is 5.91 Å². The zero-order valence-electron chi connectivity index (χ0n) is 9.80. The average molecular weight is 236 g/mol. The van der Waals surface area contributed by atoms with Crippen molar-refractivity contribution in [2.45, 2.75) is 18.9 Å². The van der Waals surface area contributed by atoms with Gasteiger partial charge in [0.1, 0.15) is 5.75 Å². The third-order valence-electron chi connectivity index (χ3n) is 3.03. The highest BCUT2D eigenvalue weighted by Crippen LogP contribution is 2.17. The van der Waals surface area contributed by atoms with E-state index in [2.05, 4.69) is 4.98 Å². The van der Waals surface area contributed by atoms with Gasteiger partial charge in [-0.05, 0) is 18.9 Å². The predicted octanol–water partition coefficient (Wildman–Crippen LogP) is 1.04. The molecule has 1 aromatic heterocycles. The Hall–Kier alpha value is -1.62. The highest BCUT2D eigenvalue weighted by atomic mass is 16.5. The van der Waals surface area contributed by atoms with Gasteiger partial charge in [-0.3, -0.25) is 9.78 Å². The quantitative estimate of drug-likeness (QED) is 0.833. The molecule has 0 aromatic carbocycles. The number of aromatic hydroxyl groups is 1. The summed E-state index contributed by atoms with van der Waals surface area (Å²) < 4.78 is 5.25. The normalized spacial score (nSPS) is 17.1. The highest BCUT2D eigenvalue weighted by Gasteiger charge is 2.23. The van der Waals surface area contributed by atoms with E-state index in [-0.39, 0.29) is 17.8 Å². The van der Waals surface area contributed by atoms with E-state index >= 15 is 0 Å². The fourth-order valence-electron chi connectivity index (χ4n) is 2.02. The molecule has 0 spiro atoms. The lowest BCUT2D eigenvalue weighted by Crippen LogP contribution is -2.40. The van der Waals surface area contributed by atoms with Crippen molar-refractivity contribution in [3.8, 4) is 5.75 Å². The summed E-state index contributed by atoms with van der Waals surface area (Å²) in [5.74, 6) is -0.0643. The Morgan fingerprint density at radius 3 is 2.76 bits per heavy atom. The Bertz CT molecular complexity index is 400. The summed E-state index contributed by atoms with van der Waals surface area (Å²) in [6.07, 6.45) is 4.75. The fraction of sp³-hybridized carbons (Fsp3) is 0.500. The first-order valence-corrected chi connectivity index (χ1v) is 5.67. The number of hydrogen-bond acceptors (Lipinski definition) is 4. The van der Waals surface area contributed by atoms with E-state index in [0.29, 0.717) is 18.7 Å². The van der Waals surface area contributed by atoms with Crippen LogP contribution in [0, 0.1) is 0 Å².